The third-order valence-electron chi connectivity index (χ3n) is 9.37. The summed E-state index contributed by atoms with van der Waals surface area (Å²) in [5, 5.41) is 13.8. The van der Waals surface area contributed by atoms with E-state index in [2.05, 4.69) is 31.3 Å². The van der Waals surface area contributed by atoms with E-state index < -0.39 is 20.0 Å². The Hall–Kier alpha value is -0.760. The largest absolute Gasteiger partial charge is 0.472 e. The summed E-state index contributed by atoms with van der Waals surface area (Å²) in [5.41, 5.74) is 5.37. The van der Waals surface area contributed by atoms with Gasteiger partial charge in [0.1, 0.15) is 0 Å². The standard InChI is InChI=1S/C40H81N2O6P/c1-3-5-7-9-11-13-15-17-19-21-23-25-27-29-31-33-39(43)38(37-48-49(45,46)47-36-35-41)42-40(44)34-32-30-28-26-24-22-20-18-16-14-12-10-8-6-4-2/h18,20,38-39,43H,3-17,19,21-37,41H2,1-2H3,(H,42,44)(H,45,46)/b20-18-. The number of phosphoric ester groups is 1. The number of nitrogens with two attached hydrogens (primary N) is 1. The fourth-order valence-corrected chi connectivity index (χ4v) is 6.95. The van der Waals surface area contributed by atoms with Crippen molar-refractivity contribution in [2.24, 2.45) is 5.73 Å². The molecule has 0 rings (SSSR count). The average molecular weight is 717 g/mol. The number of nitrogens with one attached hydrogen (secondary N) is 1. The molecule has 0 fully saturated rings. The Kier molecular flexibility index (Phi) is 36.4. The molecule has 0 radical (unpaired) electrons. The van der Waals surface area contributed by atoms with E-state index in [1.807, 2.05) is 0 Å². The van der Waals surface area contributed by atoms with Crippen LogP contribution in [0.1, 0.15) is 206 Å². The Labute approximate surface area is 303 Å². The van der Waals surface area contributed by atoms with Gasteiger partial charge in [-0.1, -0.05) is 174 Å². The van der Waals surface area contributed by atoms with Crippen LogP contribution >= 0.6 is 7.82 Å². The van der Waals surface area contributed by atoms with E-state index in [1.54, 1.807) is 0 Å². The zero-order valence-corrected chi connectivity index (χ0v) is 33.1. The van der Waals surface area contributed by atoms with Crippen LogP contribution in [-0.2, 0) is 18.4 Å². The van der Waals surface area contributed by atoms with Gasteiger partial charge >= 0.3 is 7.82 Å². The number of unbranched alkanes of at least 4 members (excludes halogenated alkanes) is 25. The first-order valence-electron chi connectivity index (χ1n) is 20.8. The van der Waals surface area contributed by atoms with Crippen LogP contribution in [-0.4, -0.2) is 47.8 Å². The first-order valence-corrected chi connectivity index (χ1v) is 22.3. The van der Waals surface area contributed by atoms with Crippen molar-refractivity contribution in [2.75, 3.05) is 19.8 Å². The molecule has 0 aliphatic heterocycles. The van der Waals surface area contributed by atoms with Gasteiger partial charge in [-0.25, -0.2) is 4.57 Å². The first-order chi connectivity index (χ1) is 23.9. The van der Waals surface area contributed by atoms with Crippen LogP contribution in [0.5, 0.6) is 0 Å². The number of amides is 1. The number of allylic oxidation sites excluding steroid dienone is 2. The molecule has 0 spiro atoms. The zero-order chi connectivity index (χ0) is 36.1. The van der Waals surface area contributed by atoms with Crippen molar-refractivity contribution in [3.8, 4) is 0 Å². The van der Waals surface area contributed by atoms with Crippen molar-refractivity contribution in [1.29, 1.82) is 0 Å². The van der Waals surface area contributed by atoms with Crippen molar-refractivity contribution in [2.45, 2.75) is 219 Å². The summed E-state index contributed by atoms with van der Waals surface area (Å²) in [7, 11) is -4.31. The number of hydrogen-bond acceptors (Lipinski definition) is 6. The van der Waals surface area contributed by atoms with Crippen molar-refractivity contribution in [1.82, 2.24) is 5.32 Å². The summed E-state index contributed by atoms with van der Waals surface area (Å²) in [6.45, 7) is 4.20. The number of carbonyl (C=O) groups is 1. The number of rotatable bonds is 39. The number of hydrogen-bond donors (Lipinski definition) is 4. The molecule has 292 valence electrons. The molecule has 0 aromatic carbocycles. The van der Waals surface area contributed by atoms with E-state index in [9.17, 15) is 19.4 Å². The SMILES string of the molecule is CCCCCCCC/C=C\CCCCCCCC(=O)NC(COP(=O)(O)OCCN)C(O)CCCCCCCCCCCCCCCCC. The summed E-state index contributed by atoms with van der Waals surface area (Å²) in [4.78, 5) is 22.7. The maximum absolute atomic E-state index is 12.7. The molecule has 0 bridgehead atoms. The maximum atomic E-state index is 12.7. The minimum Gasteiger partial charge on any atom is -0.391 e. The quantitative estimate of drug-likeness (QED) is 0.0283. The Morgan fingerprint density at radius 2 is 1.06 bits per heavy atom. The number of carbonyl (C=O) groups excluding carboxylic acids is 1. The highest BCUT2D eigenvalue weighted by molar-refractivity contribution is 7.47. The topological polar surface area (TPSA) is 131 Å². The summed E-state index contributed by atoms with van der Waals surface area (Å²) in [6.07, 6.45) is 39.2. The monoisotopic (exact) mass is 717 g/mol. The van der Waals surface area contributed by atoms with Crippen LogP contribution in [0.2, 0.25) is 0 Å². The van der Waals surface area contributed by atoms with Crippen LogP contribution in [0, 0.1) is 0 Å². The van der Waals surface area contributed by atoms with Gasteiger partial charge in [0.05, 0.1) is 25.4 Å². The van der Waals surface area contributed by atoms with E-state index in [1.165, 1.54) is 128 Å². The van der Waals surface area contributed by atoms with Gasteiger partial charge in [0.2, 0.25) is 5.91 Å². The fraction of sp³-hybridized carbons (Fsp3) is 0.925. The van der Waals surface area contributed by atoms with Crippen molar-refractivity contribution in [3.63, 3.8) is 0 Å². The highest BCUT2D eigenvalue weighted by Crippen LogP contribution is 2.43. The molecular formula is C40H81N2O6P. The molecule has 9 heteroatoms. The average Bonchev–Trinajstić information content (AvgIpc) is 3.09. The smallest absolute Gasteiger partial charge is 0.391 e. The molecule has 1 amide bonds. The van der Waals surface area contributed by atoms with Gasteiger partial charge in [-0.2, -0.15) is 0 Å². The molecule has 0 aromatic heterocycles. The number of phosphoric acid groups is 1. The van der Waals surface area contributed by atoms with E-state index >= 15 is 0 Å². The minimum atomic E-state index is -4.31. The number of aliphatic hydroxyl groups is 1. The lowest BCUT2D eigenvalue weighted by Gasteiger charge is -2.25. The van der Waals surface area contributed by atoms with E-state index in [4.69, 9.17) is 14.8 Å². The van der Waals surface area contributed by atoms with Crippen LogP contribution < -0.4 is 11.1 Å². The molecular weight excluding hydrogens is 635 g/mol. The van der Waals surface area contributed by atoms with Gasteiger partial charge in [-0.3, -0.25) is 13.8 Å². The Bertz CT molecular complexity index is 784. The Balaban J connectivity index is 4.20. The van der Waals surface area contributed by atoms with Crippen molar-refractivity contribution in [3.05, 3.63) is 12.2 Å². The molecule has 8 nitrogen and oxygen atoms in total. The normalized spacial score (nSPS) is 14.3. The fourth-order valence-electron chi connectivity index (χ4n) is 6.19. The molecule has 0 heterocycles. The lowest BCUT2D eigenvalue weighted by molar-refractivity contribution is -0.123. The Morgan fingerprint density at radius 1 is 0.653 bits per heavy atom. The van der Waals surface area contributed by atoms with E-state index in [0.717, 1.165) is 51.4 Å². The molecule has 0 aliphatic carbocycles. The molecule has 0 aliphatic rings. The highest BCUT2D eigenvalue weighted by Gasteiger charge is 2.27. The summed E-state index contributed by atoms with van der Waals surface area (Å²) in [5.74, 6) is -0.169. The minimum absolute atomic E-state index is 0.0891. The van der Waals surface area contributed by atoms with Gasteiger partial charge in [0.25, 0.3) is 0 Å². The second kappa shape index (κ2) is 37.0. The van der Waals surface area contributed by atoms with Crippen molar-refractivity contribution < 1.29 is 28.4 Å². The van der Waals surface area contributed by atoms with Crippen LogP contribution in [0.25, 0.3) is 0 Å². The van der Waals surface area contributed by atoms with Crippen molar-refractivity contribution >= 4 is 13.7 Å². The summed E-state index contributed by atoms with van der Waals surface area (Å²) in [6, 6.07) is -0.774. The molecule has 0 saturated carbocycles. The molecule has 0 aromatic rings. The van der Waals surface area contributed by atoms with E-state index in [-0.39, 0.29) is 25.7 Å². The summed E-state index contributed by atoms with van der Waals surface area (Å²) >= 11 is 0. The molecule has 0 saturated heterocycles. The van der Waals surface area contributed by atoms with Gasteiger partial charge < -0.3 is 21.1 Å². The van der Waals surface area contributed by atoms with Gasteiger partial charge in [-0.15, -0.1) is 0 Å². The second-order valence-electron chi connectivity index (χ2n) is 14.2. The maximum Gasteiger partial charge on any atom is 0.472 e. The lowest BCUT2D eigenvalue weighted by atomic mass is 10.0. The van der Waals surface area contributed by atoms with Gasteiger partial charge in [0.15, 0.2) is 0 Å². The lowest BCUT2D eigenvalue weighted by Crippen LogP contribution is -2.46. The predicted molar refractivity (Wildman–Crippen MR) is 208 cm³/mol. The molecule has 49 heavy (non-hydrogen) atoms. The van der Waals surface area contributed by atoms with Crippen LogP contribution in [0.3, 0.4) is 0 Å². The Morgan fingerprint density at radius 3 is 1.51 bits per heavy atom. The second-order valence-corrected chi connectivity index (χ2v) is 15.7. The molecule has 3 unspecified atom stereocenters. The highest BCUT2D eigenvalue weighted by atomic mass is 31.2. The number of aliphatic hydroxyl groups excluding tert-OH is 1. The molecule has 3 atom stereocenters. The third kappa shape index (κ3) is 35.4. The first kappa shape index (κ1) is 48.2. The van der Waals surface area contributed by atoms with Gasteiger partial charge in [-0.05, 0) is 38.5 Å². The van der Waals surface area contributed by atoms with E-state index in [0.29, 0.717) is 12.8 Å². The zero-order valence-electron chi connectivity index (χ0n) is 32.2. The van der Waals surface area contributed by atoms with Crippen LogP contribution in [0.4, 0.5) is 0 Å². The third-order valence-corrected chi connectivity index (χ3v) is 10.4. The molecule has 5 N–H and O–H groups in total. The summed E-state index contributed by atoms with van der Waals surface area (Å²) < 4.78 is 22.1. The van der Waals surface area contributed by atoms with Crippen LogP contribution in [0.15, 0.2) is 12.2 Å². The predicted octanol–water partition coefficient (Wildman–Crippen LogP) is 11.2. The van der Waals surface area contributed by atoms with Gasteiger partial charge in [0, 0.05) is 13.0 Å².